The molecule has 22 heavy (non-hydrogen) atoms. The quantitative estimate of drug-likeness (QED) is 0.766. The molecule has 0 amide bonds. The van der Waals surface area contributed by atoms with Gasteiger partial charge in [0.2, 0.25) is 0 Å². The first-order chi connectivity index (χ1) is 10.7. The highest BCUT2D eigenvalue weighted by Crippen LogP contribution is 2.51. The minimum Gasteiger partial charge on any atom is -0.396 e. The highest BCUT2D eigenvalue weighted by atomic mass is 35.5. The minimum atomic E-state index is 0.461. The van der Waals surface area contributed by atoms with Gasteiger partial charge in [-0.15, -0.1) is 0 Å². The maximum absolute atomic E-state index is 6.25. The van der Waals surface area contributed by atoms with E-state index in [4.69, 9.17) is 28.0 Å². The van der Waals surface area contributed by atoms with E-state index in [1.54, 1.807) is 0 Å². The second-order valence-corrected chi connectivity index (χ2v) is 7.33. The summed E-state index contributed by atoms with van der Waals surface area (Å²) < 4.78 is 0. The third-order valence-electron chi connectivity index (χ3n) is 5.48. The highest BCUT2D eigenvalue weighted by molar-refractivity contribution is 6.42. The van der Waals surface area contributed by atoms with E-state index in [0.29, 0.717) is 40.6 Å². The first-order valence-electron chi connectivity index (χ1n) is 8.08. The smallest absolute Gasteiger partial charge is 0.114 e. The maximum atomic E-state index is 6.25. The lowest BCUT2D eigenvalue weighted by atomic mass is 9.77. The average molecular weight is 339 g/mol. The van der Waals surface area contributed by atoms with Gasteiger partial charge in [-0.3, -0.25) is 4.90 Å². The van der Waals surface area contributed by atoms with Crippen LogP contribution in [0.4, 0.5) is 0 Å². The molecule has 4 rings (SSSR count). The normalized spacial score (nSPS) is 37.8. The van der Waals surface area contributed by atoms with E-state index in [-0.39, 0.29) is 0 Å². The third-order valence-corrected chi connectivity index (χ3v) is 6.22. The zero-order chi connectivity index (χ0) is 15.3. The number of hydrogen-bond acceptors (Lipinski definition) is 3. The molecule has 118 valence electrons. The van der Waals surface area contributed by atoms with Crippen molar-refractivity contribution in [1.29, 1.82) is 0 Å². The van der Waals surface area contributed by atoms with Gasteiger partial charge in [0, 0.05) is 24.5 Å². The fraction of sp³-hybridized carbons (Fsp3) is 0.588. The van der Waals surface area contributed by atoms with Crippen molar-refractivity contribution >= 4 is 28.9 Å². The molecule has 5 heteroatoms. The fourth-order valence-electron chi connectivity index (χ4n) is 4.63. The van der Waals surface area contributed by atoms with Gasteiger partial charge in [0.1, 0.15) is 6.61 Å². The number of benzene rings is 1. The summed E-state index contributed by atoms with van der Waals surface area (Å²) in [6.45, 7) is 3.58. The van der Waals surface area contributed by atoms with Gasteiger partial charge in [0.25, 0.3) is 0 Å². The molecule has 0 aliphatic carbocycles. The van der Waals surface area contributed by atoms with E-state index >= 15 is 0 Å². The zero-order valence-electron chi connectivity index (χ0n) is 12.6. The predicted octanol–water partition coefficient (Wildman–Crippen LogP) is 4.34. The lowest BCUT2D eigenvalue weighted by Gasteiger charge is -2.36. The molecule has 1 aromatic carbocycles. The fourth-order valence-corrected chi connectivity index (χ4v) is 4.94. The lowest BCUT2D eigenvalue weighted by Crippen LogP contribution is -2.40. The van der Waals surface area contributed by atoms with E-state index < -0.39 is 0 Å². The summed E-state index contributed by atoms with van der Waals surface area (Å²) in [5.74, 6) is 0.938. The topological polar surface area (TPSA) is 24.8 Å². The maximum Gasteiger partial charge on any atom is 0.114 e. The van der Waals surface area contributed by atoms with Crippen LogP contribution in [0.5, 0.6) is 0 Å². The molecule has 0 saturated carbocycles. The minimum absolute atomic E-state index is 0.461. The number of nitrogens with zero attached hydrogens (tertiary/aromatic N) is 2. The number of hydrogen-bond donors (Lipinski definition) is 0. The van der Waals surface area contributed by atoms with Crippen molar-refractivity contribution in [3.8, 4) is 0 Å². The van der Waals surface area contributed by atoms with Crippen molar-refractivity contribution in [2.45, 2.75) is 44.2 Å². The summed E-state index contributed by atoms with van der Waals surface area (Å²) in [5.41, 5.74) is 2.51. The van der Waals surface area contributed by atoms with Crippen molar-refractivity contribution in [3.63, 3.8) is 0 Å². The molecule has 0 aromatic heterocycles. The number of rotatable bonds is 3. The monoisotopic (exact) mass is 338 g/mol. The zero-order valence-corrected chi connectivity index (χ0v) is 14.1. The average Bonchev–Trinajstić information content (AvgIpc) is 2.93. The van der Waals surface area contributed by atoms with Gasteiger partial charge in [-0.1, -0.05) is 34.4 Å². The van der Waals surface area contributed by atoms with E-state index in [0.717, 1.165) is 6.54 Å². The molecule has 3 nitrogen and oxygen atoms in total. The first-order valence-corrected chi connectivity index (χ1v) is 8.84. The summed E-state index contributed by atoms with van der Waals surface area (Å²) >= 11 is 12.3. The number of halogens is 2. The van der Waals surface area contributed by atoms with Crippen LogP contribution in [0.25, 0.3) is 0 Å². The molecule has 1 unspecified atom stereocenters. The molecule has 5 atom stereocenters. The number of piperidine rings is 1. The third kappa shape index (κ3) is 2.26. The van der Waals surface area contributed by atoms with Crippen LogP contribution in [0.3, 0.4) is 0 Å². The molecule has 4 bridgehead atoms. The largest absolute Gasteiger partial charge is 0.396 e. The highest BCUT2D eigenvalue weighted by Gasteiger charge is 2.54. The van der Waals surface area contributed by atoms with Crippen LogP contribution in [0.2, 0.25) is 10.0 Å². The summed E-state index contributed by atoms with van der Waals surface area (Å²) in [6.07, 6.45) is 3.77. The van der Waals surface area contributed by atoms with Gasteiger partial charge >= 0.3 is 0 Å². The van der Waals surface area contributed by atoms with Crippen LogP contribution >= 0.6 is 23.2 Å². The van der Waals surface area contributed by atoms with Crippen LogP contribution in [-0.4, -0.2) is 35.8 Å². The molecule has 3 aliphatic heterocycles. The Balaban J connectivity index is 1.71. The summed E-state index contributed by atoms with van der Waals surface area (Å²) in [4.78, 5) is 8.01. The van der Waals surface area contributed by atoms with Gasteiger partial charge in [0.05, 0.1) is 15.8 Å². The Morgan fingerprint density at radius 3 is 2.91 bits per heavy atom. The van der Waals surface area contributed by atoms with Crippen molar-refractivity contribution in [1.82, 2.24) is 4.90 Å². The van der Waals surface area contributed by atoms with Crippen molar-refractivity contribution in [3.05, 3.63) is 33.8 Å². The molecular formula is C17H20Cl2N2O. The Hall–Kier alpha value is -0.770. The van der Waals surface area contributed by atoms with Gasteiger partial charge in [-0.2, -0.15) is 0 Å². The molecule has 3 aliphatic rings. The van der Waals surface area contributed by atoms with Crippen molar-refractivity contribution in [2.75, 3.05) is 13.2 Å². The second-order valence-electron chi connectivity index (χ2n) is 6.51. The van der Waals surface area contributed by atoms with Crippen LogP contribution in [0.15, 0.2) is 23.4 Å². The molecule has 0 radical (unpaired) electrons. The standard InChI is InChI=1S/C17H20Cl2N2O/c1-2-22-20-15-9-21-11-4-6-16(21)17(15)12(8-11)10-3-5-13(18)14(19)7-10/h3,5,7,11-12,16-17H,2,4,6,8-9H2,1H3/b20-15-/t11-,12+,16+,17+/m0/s1. The SMILES string of the molecule is CCO/N=C1/CN2[C@H]3CC[C@@H]2[C@@H]1[C@@H](c1ccc(Cl)c(Cl)c1)C3. The predicted molar refractivity (Wildman–Crippen MR) is 89.9 cm³/mol. The molecule has 1 aromatic rings. The Labute approximate surface area is 141 Å². The Morgan fingerprint density at radius 1 is 1.27 bits per heavy atom. The summed E-state index contributed by atoms with van der Waals surface area (Å²) in [5, 5.41) is 5.71. The van der Waals surface area contributed by atoms with Crippen LogP contribution in [0, 0.1) is 5.92 Å². The van der Waals surface area contributed by atoms with Crippen LogP contribution in [0.1, 0.15) is 37.7 Å². The number of oxime groups is 1. The van der Waals surface area contributed by atoms with Crippen molar-refractivity contribution < 1.29 is 4.84 Å². The molecule has 3 saturated heterocycles. The van der Waals surface area contributed by atoms with Crippen molar-refractivity contribution in [2.24, 2.45) is 11.1 Å². The van der Waals surface area contributed by atoms with E-state index in [1.165, 1.54) is 30.5 Å². The van der Waals surface area contributed by atoms with Gasteiger partial charge in [-0.25, -0.2) is 0 Å². The summed E-state index contributed by atoms with van der Waals surface area (Å²) in [7, 11) is 0. The first kappa shape index (κ1) is 14.8. The Kier molecular flexibility index (Phi) is 3.83. The molecule has 3 heterocycles. The lowest BCUT2D eigenvalue weighted by molar-refractivity contribution is 0.151. The molecular weight excluding hydrogens is 319 g/mol. The van der Waals surface area contributed by atoms with E-state index in [1.807, 2.05) is 19.1 Å². The van der Waals surface area contributed by atoms with Gasteiger partial charge < -0.3 is 4.84 Å². The van der Waals surface area contributed by atoms with Crippen LogP contribution < -0.4 is 0 Å². The van der Waals surface area contributed by atoms with E-state index in [9.17, 15) is 0 Å². The Morgan fingerprint density at radius 2 is 2.14 bits per heavy atom. The molecule has 3 fully saturated rings. The Bertz CT molecular complexity index is 619. The van der Waals surface area contributed by atoms with Gasteiger partial charge in [-0.05, 0) is 49.8 Å². The summed E-state index contributed by atoms with van der Waals surface area (Å²) in [6, 6.07) is 7.39. The second kappa shape index (κ2) is 5.70. The van der Waals surface area contributed by atoms with E-state index in [2.05, 4.69) is 16.1 Å². The van der Waals surface area contributed by atoms with Gasteiger partial charge in [0.15, 0.2) is 0 Å². The molecule has 0 spiro atoms. The molecule has 0 N–H and O–H groups in total. The van der Waals surface area contributed by atoms with Crippen LogP contribution in [-0.2, 0) is 4.84 Å².